The Morgan fingerprint density at radius 3 is 2.35 bits per heavy atom. The third-order valence-electron chi connectivity index (χ3n) is 3.77. The monoisotopic (exact) mass is 413 g/mol. The number of nitrogens with one attached hydrogen (secondary N) is 1. The van der Waals surface area contributed by atoms with Crippen molar-refractivity contribution in [2.24, 2.45) is 0 Å². The number of ether oxygens (including phenoxy) is 2. The highest BCUT2D eigenvalue weighted by Gasteiger charge is 2.17. The lowest BCUT2D eigenvalue weighted by Crippen LogP contribution is -2.21. The number of halogens is 1. The zero-order chi connectivity index (χ0) is 18.5. The van der Waals surface area contributed by atoms with Crippen LogP contribution in [-0.4, -0.2) is 25.6 Å². The number of amides is 1. The van der Waals surface area contributed by atoms with Crippen molar-refractivity contribution in [1.29, 1.82) is 0 Å². The van der Waals surface area contributed by atoms with Crippen LogP contribution in [0.1, 0.15) is 10.4 Å². The van der Waals surface area contributed by atoms with Gasteiger partial charge in [-0.15, -0.1) is 0 Å². The first-order chi connectivity index (χ1) is 12.6. The molecular formula is C20H16BrNO4. The van der Waals surface area contributed by atoms with Gasteiger partial charge in [0.2, 0.25) is 0 Å². The number of carbonyl (C=O) groups excluding carboxylic acids is 2. The highest BCUT2D eigenvalue weighted by molar-refractivity contribution is 9.10. The van der Waals surface area contributed by atoms with Crippen molar-refractivity contribution in [3.63, 3.8) is 0 Å². The Kier molecular flexibility index (Phi) is 5.53. The van der Waals surface area contributed by atoms with Crippen LogP contribution in [-0.2, 0) is 9.53 Å². The van der Waals surface area contributed by atoms with Crippen molar-refractivity contribution >= 4 is 44.3 Å². The van der Waals surface area contributed by atoms with Crippen LogP contribution in [0, 0.1) is 0 Å². The first-order valence-electron chi connectivity index (χ1n) is 7.87. The molecule has 3 aromatic carbocycles. The number of hydrogen-bond acceptors (Lipinski definition) is 4. The van der Waals surface area contributed by atoms with Crippen LogP contribution in [0.2, 0.25) is 0 Å². The zero-order valence-corrected chi connectivity index (χ0v) is 15.6. The predicted molar refractivity (Wildman–Crippen MR) is 104 cm³/mol. The molecule has 3 aromatic rings. The molecule has 0 atom stereocenters. The fourth-order valence-corrected chi connectivity index (χ4v) is 2.89. The van der Waals surface area contributed by atoms with Crippen molar-refractivity contribution < 1.29 is 19.1 Å². The smallest absolute Gasteiger partial charge is 0.342 e. The van der Waals surface area contributed by atoms with E-state index in [0.29, 0.717) is 11.4 Å². The topological polar surface area (TPSA) is 64.6 Å². The van der Waals surface area contributed by atoms with E-state index in [-0.39, 0.29) is 5.56 Å². The first-order valence-corrected chi connectivity index (χ1v) is 8.66. The Balaban J connectivity index is 1.71. The molecule has 3 rings (SSSR count). The van der Waals surface area contributed by atoms with Gasteiger partial charge in [0, 0.05) is 4.47 Å². The molecule has 0 aliphatic rings. The van der Waals surface area contributed by atoms with E-state index in [4.69, 9.17) is 9.47 Å². The number of hydrogen-bond donors (Lipinski definition) is 1. The molecule has 0 radical (unpaired) electrons. The second kappa shape index (κ2) is 8.01. The van der Waals surface area contributed by atoms with Gasteiger partial charge in [0.25, 0.3) is 5.91 Å². The van der Waals surface area contributed by atoms with Crippen LogP contribution in [0.3, 0.4) is 0 Å². The van der Waals surface area contributed by atoms with E-state index in [2.05, 4.69) is 21.2 Å². The third kappa shape index (κ3) is 4.03. The van der Waals surface area contributed by atoms with Gasteiger partial charge in [-0.25, -0.2) is 4.79 Å². The number of rotatable bonds is 5. The second-order valence-corrected chi connectivity index (χ2v) is 6.36. The standard InChI is InChI=1S/C20H16BrNO4/c1-25-18-11-14-7-3-2-6-13(14)10-15(18)20(24)26-12-19(23)22-17-9-5-4-8-16(17)21/h2-11H,12H2,1H3,(H,22,23). The molecule has 0 saturated carbocycles. The molecular weight excluding hydrogens is 398 g/mol. The average Bonchev–Trinajstić information content (AvgIpc) is 2.66. The molecule has 1 N–H and O–H groups in total. The van der Waals surface area contributed by atoms with Crippen molar-refractivity contribution in [2.45, 2.75) is 0 Å². The van der Waals surface area contributed by atoms with E-state index < -0.39 is 18.5 Å². The summed E-state index contributed by atoms with van der Waals surface area (Å²) in [6, 6.07) is 18.3. The van der Waals surface area contributed by atoms with Crippen LogP contribution in [0.5, 0.6) is 5.75 Å². The van der Waals surface area contributed by atoms with E-state index in [0.717, 1.165) is 15.2 Å². The molecule has 0 aliphatic heterocycles. The molecule has 0 heterocycles. The molecule has 0 unspecified atom stereocenters. The van der Waals surface area contributed by atoms with E-state index in [1.165, 1.54) is 7.11 Å². The van der Waals surface area contributed by atoms with Crippen LogP contribution >= 0.6 is 15.9 Å². The fraction of sp³-hybridized carbons (Fsp3) is 0.100. The Labute approximate surface area is 159 Å². The van der Waals surface area contributed by atoms with Crippen molar-refractivity contribution in [1.82, 2.24) is 0 Å². The lowest BCUT2D eigenvalue weighted by Gasteiger charge is -2.11. The molecule has 0 spiro atoms. The highest BCUT2D eigenvalue weighted by atomic mass is 79.9. The molecule has 6 heteroatoms. The zero-order valence-electron chi connectivity index (χ0n) is 14.0. The lowest BCUT2D eigenvalue weighted by atomic mass is 10.1. The van der Waals surface area contributed by atoms with Crippen LogP contribution in [0.4, 0.5) is 5.69 Å². The maximum Gasteiger partial charge on any atom is 0.342 e. The summed E-state index contributed by atoms with van der Waals surface area (Å²) in [4.78, 5) is 24.4. The lowest BCUT2D eigenvalue weighted by molar-refractivity contribution is -0.119. The minimum Gasteiger partial charge on any atom is -0.496 e. The number of anilines is 1. The number of methoxy groups -OCH3 is 1. The molecule has 26 heavy (non-hydrogen) atoms. The Bertz CT molecular complexity index is 971. The summed E-state index contributed by atoms with van der Waals surface area (Å²) in [5, 5.41) is 4.52. The van der Waals surface area contributed by atoms with Gasteiger partial charge in [-0.3, -0.25) is 4.79 Å². The number of esters is 1. The third-order valence-corrected chi connectivity index (χ3v) is 4.46. The largest absolute Gasteiger partial charge is 0.496 e. The van der Waals surface area contributed by atoms with Gasteiger partial charge < -0.3 is 14.8 Å². The van der Waals surface area contributed by atoms with Gasteiger partial charge >= 0.3 is 5.97 Å². The summed E-state index contributed by atoms with van der Waals surface area (Å²) in [7, 11) is 1.49. The maximum atomic E-state index is 12.4. The Morgan fingerprint density at radius 2 is 1.65 bits per heavy atom. The summed E-state index contributed by atoms with van der Waals surface area (Å²) < 4.78 is 11.2. The van der Waals surface area contributed by atoms with E-state index in [1.807, 2.05) is 36.4 Å². The Morgan fingerprint density at radius 1 is 1.00 bits per heavy atom. The summed E-state index contributed by atoms with van der Waals surface area (Å²) in [5.41, 5.74) is 0.886. The van der Waals surface area contributed by atoms with Crippen molar-refractivity contribution in [3.8, 4) is 5.75 Å². The normalized spacial score (nSPS) is 10.4. The van der Waals surface area contributed by atoms with Crippen molar-refractivity contribution in [3.05, 3.63) is 70.7 Å². The van der Waals surface area contributed by atoms with Crippen LogP contribution < -0.4 is 10.1 Å². The first kappa shape index (κ1) is 17.9. The van der Waals surface area contributed by atoms with Gasteiger partial charge in [0.1, 0.15) is 11.3 Å². The molecule has 0 aliphatic carbocycles. The minimum absolute atomic E-state index is 0.278. The molecule has 0 aromatic heterocycles. The summed E-state index contributed by atoms with van der Waals surface area (Å²) >= 11 is 3.34. The van der Waals surface area contributed by atoms with Gasteiger partial charge in [-0.1, -0.05) is 36.4 Å². The Hall–Kier alpha value is -2.86. The number of fused-ring (bicyclic) bond motifs is 1. The van der Waals surface area contributed by atoms with Gasteiger partial charge in [0.15, 0.2) is 6.61 Å². The predicted octanol–water partition coefficient (Wildman–Crippen LogP) is 4.41. The molecule has 5 nitrogen and oxygen atoms in total. The second-order valence-electron chi connectivity index (χ2n) is 5.50. The minimum atomic E-state index is -0.616. The number of carbonyl (C=O) groups is 2. The summed E-state index contributed by atoms with van der Waals surface area (Å²) in [6.45, 7) is -0.393. The SMILES string of the molecule is COc1cc2ccccc2cc1C(=O)OCC(=O)Nc1ccccc1Br. The molecule has 132 valence electrons. The van der Waals surface area contributed by atoms with Gasteiger partial charge in [0.05, 0.1) is 12.8 Å². The number of benzene rings is 3. The average molecular weight is 414 g/mol. The van der Waals surface area contributed by atoms with Crippen LogP contribution in [0.25, 0.3) is 10.8 Å². The van der Waals surface area contributed by atoms with Gasteiger partial charge in [-0.05, 0) is 51.0 Å². The van der Waals surface area contributed by atoms with Crippen LogP contribution in [0.15, 0.2) is 65.1 Å². The highest BCUT2D eigenvalue weighted by Crippen LogP contribution is 2.26. The fourth-order valence-electron chi connectivity index (χ4n) is 2.51. The molecule has 0 bridgehead atoms. The summed E-state index contributed by atoms with van der Waals surface area (Å²) in [5.74, 6) is -0.639. The van der Waals surface area contributed by atoms with Gasteiger partial charge in [-0.2, -0.15) is 0 Å². The van der Waals surface area contributed by atoms with E-state index in [1.54, 1.807) is 24.3 Å². The summed E-state index contributed by atoms with van der Waals surface area (Å²) in [6.07, 6.45) is 0. The number of para-hydroxylation sites is 1. The van der Waals surface area contributed by atoms with E-state index in [9.17, 15) is 9.59 Å². The van der Waals surface area contributed by atoms with E-state index >= 15 is 0 Å². The molecule has 0 saturated heterocycles. The molecule has 1 amide bonds. The van der Waals surface area contributed by atoms with Crippen molar-refractivity contribution in [2.75, 3.05) is 19.0 Å². The quantitative estimate of drug-likeness (QED) is 0.629. The maximum absolute atomic E-state index is 12.4. The molecule has 0 fully saturated rings.